The average Bonchev–Trinajstić information content (AvgIpc) is 3.36. The number of nitrogens with one attached hydrogen (secondary N) is 2. The normalized spacial score (nSPS) is 12.7. The van der Waals surface area contributed by atoms with Gasteiger partial charge in [0, 0.05) is 34.8 Å². The molecule has 0 aliphatic carbocycles. The molecule has 1 aliphatic rings. The highest BCUT2D eigenvalue weighted by Gasteiger charge is 2.19. The fraction of sp³-hybridized carbons (Fsp3) is 0.0952. The van der Waals surface area contributed by atoms with Crippen molar-refractivity contribution in [1.82, 2.24) is 20.4 Å². The number of nitrogens with zero attached hydrogens (tertiary/aromatic N) is 4. The molecule has 0 spiro atoms. The number of pyridine rings is 1. The quantitative estimate of drug-likeness (QED) is 0.580. The van der Waals surface area contributed by atoms with Gasteiger partial charge in [0.25, 0.3) is 5.91 Å². The number of amides is 1. The van der Waals surface area contributed by atoms with E-state index in [0.717, 1.165) is 39.2 Å². The molecule has 3 heterocycles. The maximum absolute atomic E-state index is 12.8. The van der Waals surface area contributed by atoms with Crippen LogP contribution in [0, 0.1) is 6.92 Å². The lowest BCUT2D eigenvalue weighted by Crippen LogP contribution is -2.14. The molecular formula is C21H16N6O. The average molecular weight is 368 g/mol. The number of rotatable bonds is 3. The summed E-state index contributed by atoms with van der Waals surface area (Å²) in [5, 5.41) is 13.8. The number of fused-ring (bicyclic) bond motifs is 2. The topological polar surface area (TPSA) is 95.9 Å². The van der Waals surface area contributed by atoms with Gasteiger partial charge >= 0.3 is 0 Å². The van der Waals surface area contributed by atoms with Gasteiger partial charge in [0.1, 0.15) is 11.0 Å². The minimum absolute atomic E-state index is 0.178. The molecule has 7 nitrogen and oxygen atoms in total. The number of aliphatic imine (C=N–C) groups is 1. The minimum atomic E-state index is -0.178. The third-order valence-corrected chi connectivity index (χ3v) is 4.97. The zero-order valence-electron chi connectivity index (χ0n) is 15.1. The fourth-order valence-corrected chi connectivity index (χ4v) is 3.51. The molecule has 136 valence electrons. The van der Waals surface area contributed by atoms with Crippen molar-refractivity contribution in [3.05, 3.63) is 82.7 Å². The second-order valence-corrected chi connectivity index (χ2v) is 6.66. The molecule has 0 bridgehead atoms. The largest absolute Gasteiger partial charge is 0.322 e. The van der Waals surface area contributed by atoms with Crippen molar-refractivity contribution in [3.8, 4) is 0 Å². The van der Waals surface area contributed by atoms with Crippen LogP contribution in [0.4, 0.5) is 5.69 Å². The number of hydrogen-bond donors (Lipinski definition) is 2. The highest BCUT2D eigenvalue weighted by atomic mass is 16.1. The molecule has 0 fully saturated rings. The van der Waals surface area contributed by atoms with Crippen molar-refractivity contribution in [3.63, 3.8) is 0 Å². The lowest BCUT2D eigenvalue weighted by molar-refractivity contribution is 0.102. The molecule has 7 heteroatoms. The Kier molecular flexibility index (Phi) is 3.72. The Morgan fingerprint density at radius 2 is 1.93 bits per heavy atom. The van der Waals surface area contributed by atoms with E-state index in [9.17, 15) is 4.79 Å². The van der Waals surface area contributed by atoms with Crippen LogP contribution in [0.1, 0.15) is 32.6 Å². The van der Waals surface area contributed by atoms with Crippen LogP contribution >= 0.6 is 0 Å². The van der Waals surface area contributed by atoms with E-state index < -0.39 is 0 Å². The van der Waals surface area contributed by atoms with Gasteiger partial charge in [-0.05, 0) is 54.4 Å². The Bertz CT molecular complexity index is 1240. The van der Waals surface area contributed by atoms with Gasteiger partial charge in [0.2, 0.25) is 0 Å². The summed E-state index contributed by atoms with van der Waals surface area (Å²) in [5.74, 6) is -0.178. The number of aryl methyl sites for hydroxylation is 1. The molecule has 5 rings (SSSR count). The molecule has 0 unspecified atom stereocenters. The molecular weight excluding hydrogens is 352 g/mol. The molecule has 0 radical (unpaired) electrons. The number of anilines is 1. The van der Waals surface area contributed by atoms with Gasteiger partial charge in [-0.1, -0.05) is 6.07 Å². The molecule has 1 aliphatic heterocycles. The highest BCUT2D eigenvalue weighted by molar-refractivity contribution is 6.16. The Morgan fingerprint density at radius 3 is 2.79 bits per heavy atom. The lowest BCUT2D eigenvalue weighted by atomic mass is 10.00. The maximum atomic E-state index is 12.8. The fourth-order valence-electron chi connectivity index (χ4n) is 3.51. The standard InChI is InChI=1S/C21H16N6O/c1-12-16(4-5-18-19(12)26-27-25-18)21(28)24-15-3-2-14-11-23-20(17(14)10-15)13-6-8-22-9-7-13/h2-10H,11H2,1H3,(H,24,28)(H,25,26,27). The number of aromatic amines is 1. The summed E-state index contributed by atoms with van der Waals surface area (Å²) in [7, 11) is 0. The van der Waals surface area contributed by atoms with Crippen molar-refractivity contribution < 1.29 is 4.79 Å². The van der Waals surface area contributed by atoms with Gasteiger partial charge in [-0.25, -0.2) is 0 Å². The third-order valence-electron chi connectivity index (χ3n) is 4.97. The number of hydrogen-bond acceptors (Lipinski definition) is 5. The van der Waals surface area contributed by atoms with Crippen molar-refractivity contribution in [2.24, 2.45) is 4.99 Å². The molecule has 0 saturated carbocycles. The van der Waals surface area contributed by atoms with Crippen LogP contribution in [0.3, 0.4) is 0 Å². The highest BCUT2D eigenvalue weighted by Crippen LogP contribution is 2.27. The number of benzene rings is 2. The summed E-state index contributed by atoms with van der Waals surface area (Å²) in [4.78, 5) is 21.6. The van der Waals surface area contributed by atoms with Gasteiger partial charge in [-0.2, -0.15) is 15.4 Å². The summed E-state index contributed by atoms with van der Waals surface area (Å²) >= 11 is 0. The van der Waals surface area contributed by atoms with E-state index in [1.807, 2.05) is 37.3 Å². The summed E-state index contributed by atoms with van der Waals surface area (Å²) in [6, 6.07) is 13.3. The van der Waals surface area contributed by atoms with E-state index in [4.69, 9.17) is 0 Å². The first-order valence-electron chi connectivity index (χ1n) is 8.90. The third kappa shape index (κ3) is 2.64. The lowest BCUT2D eigenvalue weighted by Gasteiger charge is -2.10. The predicted octanol–water partition coefficient (Wildman–Crippen LogP) is 3.26. The summed E-state index contributed by atoms with van der Waals surface area (Å²) in [6.07, 6.45) is 3.51. The van der Waals surface area contributed by atoms with Crippen molar-refractivity contribution in [1.29, 1.82) is 0 Å². The summed E-state index contributed by atoms with van der Waals surface area (Å²) in [5.41, 5.74) is 7.66. The number of carbonyl (C=O) groups is 1. The molecule has 0 saturated heterocycles. The first-order valence-corrected chi connectivity index (χ1v) is 8.90. The maximum Gasteiger partial charge on any atom is 0.256 e. The molecule has 1 amide bonds. The van der Waals surface area contributed by atoms with Crippen LogP contribution in [0.2, 0.25) is 0 Å². The van der Waals surface area contributed by atoms with Crippen LogP contribution in [-0.4, -0.2) is 32.0 Å². The molecule has 28 heavy (non-hydrogen) atoms. The number of carbonyl (C=O) groups excluding carboxylic acids is 1. The Labute approximate surface area is 160 Å². The molecule has 2 aromatic carbocycles. The SMILES string of the molecule is Cc1c(C(=O)Nc2ccc3c(c2)C(c2ccncc2)=NC3)ccc2n[nH]nc12. The van der Waals surface area contributed by atoms with Gasteiger partial charge in [-0.15, -0.1) is 0 Å². The second-order valence-electron chi connectivity index (χ2n) is 6.66. The Hall–Kier alpha value is -3.87. The Balaban J connectivity index is 1.46. The minimum Gasteiger partial charge on any atom is -0.322 e. The zero-order chi connectivity index (χ0) is 19.1. The van der Waals surface area contributed by atoms with Gasteiger partial charge in [0.05, 0.1) is 12.3 Å². The van der Waals surface area contributed by atoms with Crippen molar-refractivity contribution >= 4 is 28.3 Å². The number of aromatic nitrogens is 4. The zero-order valence-corrected chi connectivity index (χ0v) is 15.1. The van der Waals surface area contributed by atoms with Crippen molar-refractivity contribution in [2.75, 3.05) is 5.32 Å². The predicted molar refractivity (Wildman–Crippen MR) is 107 cm³/mol. The van der Waals surface area contributed by atoms with Gasteiger partial charge in [-0.3, -0.25) is 14.8 Å². The van der Waals surface area contributed by atoms with E-state index in [0.29, 0.717) is 17.6 Å². The summed E-state index contributed by atoms with van der Waals surface area (Å²) < 4.78 is 0. The van der Waals surface area contributed by atoms with E-state index >= 15 is 0 Å². The van der Waals surface area contributed by atoms with E-state index in [2.05, 4.69) is 30.7 Å². The molecule has 0 atom stereocenters. The Morgan fingerprint density at radius 1 is 1.07 bits per heavy atom. The first kappa shape index (κ1) is 16.3. The molecule has 2 aromatic heterocycles. The van der Waals surface area contributed by atoms with Crippen LogP contribution < -0.4 is 5.32 Å². The van der Waals surface area contributed by atoms with E-state index in [1.165, 1.54) is 0 Å². The van der Waals surface area contributed by atoms with E-state index in [1.54, 1.807) is 24.5 Å². The smallest absolute Gasteiger partial charge is 0.256 e. The van der Waals surface area contributed by atoms with Crippen LogP contribution in [-0.2, 0) is 6.54 Å². The second kappa shape index (κ2) is 6.38. The van der Waals surface area contributed by atoms with Crippen LogP contribution in [0.15, 0.2) is 59.9 Å². The monoisotopic (exact) mass is 368 g/mol. The van der Waals surface area contributed by atoms with Crippen LogP contribution in [0.25, 0.3) is 11.0 Å². The first-order chi connectivity index (χ1) is 13.7. The van der Waals surface area contributed by atoms with Gasteiger partial charge in [0.15, 0.2) is 0 Å². The molecule has 4 aromatic rings. The van der Waals surface area contributed by atoms with E-state index in [-0.39, 0.29) is 5.91 Å². The van der Waals surface area contributed by atoms with Gasteiger partial charge < -0.3 is 5.32 Å². The van der Waals surface area contributed by atoms with Crippen LogP contribution in [0.5, 0.6) is 0 Å². The van der Waals surface area contributed by atoms with Crippen molar-refractivity contribution in [2.45, 2.75) is 13.5 Å². The molecule has 2 N–H and O–H groups in total. The number of H-pyrrole nitrogens is 1. The summed E-state index contributed by atoms with van der Waals surface area (Å²) in [6.45, 7) is 2.51.